The molecule has 4 rings (SSSR count). The smallest absolute Gasteiger partial charge is 0.225 e. The largest absolute Gasteiger partial charge is 0.294 e. The fraction of sp³-hybridized carbons (Fsp3) is 0.118. The predicted molar refractivity (Wildman–Crippen MR) is 175 cm³/mol. The topological polar surface area (TPSA) is 102 Å². The van der Waals surface area contributed by atoms with Crippen molar-refractivity contribution in [3.8, 4) is 0 Å². The van der Waals surface area contributed by atoms with E-state index in [0.717, 1.165) is 0 Å². The summed E-state index contributed by atoms with van der Waals surface area (Å²) in [5.41, 5.74) is 0.000379. The molecule has 44 heavy (non-hydrogen) atoms. The number of ketones is 6. The van der Waals surface area contributed by atoms with Crippen LogP contribution < -0.4 is 0 Å². The van der Waals surface area contributed by atoms with Crippen LogP contribution in [0.3, 0.4) is 0 Å². The van der Waals surface area contributed by atoms with E-state index in [9.17, 15) is 28.8 Å². The third kappa shape index (κ3) is 6.64. The van der Waals surface area contributed by atoms with Crippen molar-refractivity contribution in [2.24, 2.45) is 0 Å². The zero-order valence-electron chi connectivity index (χ0n) is 23.4. The number of carbonyl (C=O) groups is 6. The van der Waals surface area contributed by atoms with Gasteiger partial charge in [-0.1, -0.05) is 154 Å². The number of benzene rings is 4. The minimum atomic E-state index is -2.48. The van der Waals surface area contributed by atoms with Gasteiger partial charge in [-0.15, -0.1) is 0 Å². The van der Waals surface area contributed by atoms with Gasteiger partial charge in [-0.25, -0.2) is 0 Å². The lowest BCUT2D eigenvalue weighted by molar-refractivity contribution is 0.0863. The summed E-state index contributed by atoms with van der Waals surface area (Å²) in [4.78, 5) is 81.1. The van der Waals surface area contributed by atoms with Crippen molar-refractivity contribution >= 4 is 79.5 Å². The fourth-order valence-electron chi connectivity index (χ4n) is 4.35. The van der Waals surface area contributed by atoms with Crippen LogP contribution >= 0.6 is 44.8 Å². The molecule has 6 nitrogen and oxygen atoms in total. The van der Waals surface area contributed by atoms with Gasteiger partial charge in [-0.3, -0.25) is 28.8 Å². The van der Waals surface area contributed by atoms with Gasteiger partial charge < -0.3 is 0 Å². The standard InChI is InChI=1S/C34H24Cl2O6S2/c1-21(37)25-17-9-11-19-27(25)31(41)33(35,29(39)23-13-5-3-6-14-23)43-44-34(36,30(40)24-15-7-4-8-16-24)32(42)28-20-12-10-18-26(28)22(2)38/h3-20H,1-2H3. The van der Waals surface area contributed by atoms with E-state index in [4.69, 9.17) is 23.2 Å². The lowest BCUT2D eigenvalue weighted by Gasteiger charge is -2.29. The molecule has 0 saturated heterocycles. The van der Waals surface area contributed by atoms with E-state index in [1.807, 2.05) is 0 Å². The maximum atomic E-state index is 14.1. The quantitative estimate of drug-likeness (QED) is 0.0611. The molecular formula is C34H24Cl2O6S2. The molecule has 0 amide bonds. The number of hydrogen-bond donors (Lipinski definition) is 0. The van der Waals surface area contributed by atoms with Gasteiger partial charge in [0.15, 0.2) is 11.6 Å². The van der Waals surface area contributed by atoms with Gasteiger partial charge in [0.1, 0.15) is 0 Å². The Hall–Kier alpha value is -3.82. The van der Waals surface area contributed by atoms with E-state index in [0.29, 0.717) is 21.6 Å². The SMILES string of the molecule is CC(=O)c1ccccc1C(=O)C(Cl)(SSC(Cl)(C(=O)c1ccccc1)C(=O)c1ccccc1C(C)=O)C(=O)c1ccccc1. The van der Waals surface area contributed by atoms with Gasteiger partial charge >= 0.3 is 0 Å². The summed E-state index contributed by atoms with van der Waals surface area (Å²) >= 11 is 13.9. The van der Waals surface area contributed by atoms with Crippen LogP contribution in [0.2, 0.25) is 0 Å². The molecular weight excluding hydrogens is 639 g/mol. The molecule has 0 aromatic heterocycles. The number of alkyl halides is 2. The van der Waals surface area contributed by atoms with Crippen molar-refractivity contribution in [1.29, 1.82) is 0 Å². The molecule has 222 valence electrons. The Morgan fingerprint density at radius 2 is 0.705 bits per heavy atom. The molecule has 2 unspecified atom stereocenters. The van der Waals surface area contributed by atoms with Crippen molar-refractivity contribution in [2.75, 3.05) is 0 Å². The maximum Gasteiger partial charge on any atom is 0.225 e. The first-order chi connectivity index (χ1) is 20.9. The Bertz CT molecular complexity index is 1650. The Labute approximate surface area is 271 Å². The fourth-order valence-corrected chi connectivity index (χ4v) is 7.92. The van der Waals surface area contributed by atoms with Crippen LogP contribution in [0.25, 0.3) is 0 Å². The molecule has 0 aliphatic carbocycles. The van der Waals surface area contributed by atoms with Crippen molar-refractivity contribution in [1.82, 2.24) is 0 Å². The monoisotopic (exact) mass is 662 g/mol. The van der Waals surface area contributed by atoms with Crippen molar-refractivity contribution in [3.63, 3.8) is 0 Å². The van der Waals surface area contributed by atoms with Crippen molar-refractivity contribution in [2.45, 2.75) is 22.3 Å². The molecule has 0 radical (unpaired) electrons. The molecule has 0 spiro atoms. The third-order valence-corrected chi connectivity index (χ3v) is 11.3. The van der Waals surface area contributed by atoms with E-state index in [1.54, 1.807) is 48.5 Å². The molecule has 4 aromatic carbocycles. The first kappa shape index (κ1) is 33.1. The summed E-state index contributed by atoms with van der Waals surface area (Å²) in [5.74, 6) is -4.41. The van der Waals surface area contributed by atoms with E-state index < -0.39 is 43.1 Å². The summed E-state index contributed by atoms with van der Waals surface area (Å²) in [5, 5.41) is 0. The average Bonchev–Trinajstić information content (AvgIpc) is 3.06. The molecule has 0 fully saturated rings. The van der Waals surface area contributed by atoms with Crippen LogP contribution in [0.15, 0.2) is 109 Å². The first-order valence-electron chi connectivity index (χ1n) is 13.2. The Kier molecular flexibility index (Phi) is 10.4. The number of hydrogen-bond acceptors (Lipinski definition) is 8. The van der Waals surface area contributed by atoms with Crippen LogP contribution in [-0.4, -0.2) is 43.1 Å². The predicted octanol–water partition coefficient (Wildman–Crippen LogP) is 8.17. The van der Waals surface area contributed by atoms with E-state index in [2.05, 4.69) is 0 Å². The summed E-state index contributed by atoms with van der Waals surface area (Å²) < 4.78 is -4.95. The maximum absolute atomic E-state index is 14.1. The number of rotatable bonds is 13. The molecule has 0 N–H and O–H groups in total. The van der Waals surface area contributed by atoms with Crippen LogP contribution in [0, 0.1) is 0 Å². The molecule has 0 aliphatic heterocycles. The Balaban J connectivity index is 1.87. The van der Waals surface area contributed by atoms with Gasteiger partial charge in [0.2, 0.25) is 31.5 Å². The van der Waals surface area contributed by atoms with Gasteiger partial charge in [-0.2, -0.15) is 0 Å². The van der Waals surface area contributed by atoms with E-state index in [1.165, 1.54) is 74.5 Å². The highest BCUT2D eigenvalue weighted by molar-refractivity contribution is 8.79. The molecule has 2 atom stereocenters. The average molecular weight is 664 g/mol. The lowest BCUT2D eigenvalue weighted by Crippen LogP contribution is -2.42. The zero-order valence-corrected chi connectivity index (χ0v) is 26.6. The number of Topliss-reactive ketones (excluding diaryl/α,β-unsaturated/α-hetero) is 6. The second-order valence-electron chi connectivity index (χ2n) is 9.61. The normalized spacial score (nSPS) is 13.6. The van der Waals surface area contributed by atoms with Gasteiger partial charge in [0.05, 0.1) is 0 Å². The highest BCUT2D eigenvalue weighted by Gasteiger charge is 2.53. The third-order valence-electron chi connectivity index (χ3n) is 6.61. The molecule has 0 aliphatic rings. The lowest BCUT2D eigenvalue weighted by atomic mass is 9.95. The second kappa shape index (κ2) is 13.9. The minimum Gasteiger partial charge on any atom is -0.294 e. The second-order valence-corrected chi connectivity index (χ2v) is 13.7. The minimum absolute atomic E-state index is 0.0398. The van der Waals surface area contributed by atoms with Crippen molar-refractivity contribution < 1.29 is 28.8 Å². The first-order valence-corrected chi connectivity index (χ1v) is 16.1. The molecule has 0 bridgehead atoms. The van der Waals surface area contributed by atoms with Crippen LogP contribution in [-0.2, 0) is 0 Å². The zero-order chi connectivity index (χ0) is 32.1. The highest BCUT2D eigenvalue weighted by atomic mass is 35.5. The highest BCUT2D eigenvalue weighted by Crippen LogP contribution is 2.53. The van der Waals surface area contributed by atoms with Crippen LogP contribution in [0.5, 0.6) is 0 Å². The summed E-state index contributed by atoms with van der Waals surface area (Å²) in [7, 11) is 0.861. The van der Waals surface area contributed by atoms with Gasteiger partial charge in [0.25, 0.3) is 0 Å². The van der Waals surface area contributed by atoms with E-state index in [-0.39, 0.29) is 33.4 Å². The molecule has 0 heterocycles. The van der Waals surface area contributed by atoms with Crippen molar-refractivity contribution in [3.05, 3.63) is 143 Å². The summed E-state index contributed by atoms with van der Waals surface area (Å²) in [6.07, 6.45) is 0. The van der Waals surface area contributed by atoms with Gasteiger partial charge in [0, 0.05) is 33.4 Å². The van der Waals surface area contributed by atoms with Crippen LogP contribution in [0.1, 0.15) is 76.0 Å². The number of halogens is 2. The molecule has 4 aromatic rings. The summed E-state index contributed by atoms with van der Waals surface area (Å²) in [6.45, 7) is 2.55. The van der Waals surface area contributed by atoms with E-state index >= 15 is 0 Å². The van der Waals surface area contributed by atoms with Gasteiger partial charge in [-0.05, 0) is 13.8 Å². The summed E-state index contributed by atoms with van der Waals surface area (Å²) in [6, 6.07) is 27.3. The number of carbonyl (C=O) groups excluding carboxylic acids is 6. The molecule has 0 saturated carbocycles. The Morgan fingerprint density at radius 3 is 1.00 bits per heavy atom. The van der Waals surface area contributed by atoms with Crippen LogP contribution in [0.4, 0.5) is 0 Å². The Morgan fingerprint density at radius 1 is 0.432 bits per heavy atom. The molecule has 10 heteroatoms.